The molecule has 6 nitrogen and oxygen atoms in total. The molecule has 0 saturated heterocycles. The number of aliphatic carboxylic acids is 1. The van der Waals surface area contributed by atoms with Crippen molar-refractivity contribution in [2.75, 3.05) is 7.11 Å². The topological polar surface area (TPSA) is 95.9 Å². The number of hydrogen-bond donors (Lipinski definition) is 3. The first kappa shape index (κ1) is 18.1. The molecule has 1 aromatic rings. The second-order valence-electron chi connectivity index (χ2n) is 5.54. The number of aliphatic hydroxyl groups excluding tert-OH is 1. The Hall–Kier alpha value is -1.92. The van der Waals surface area contributed by atoms with Gasteiger partial charge in [-0.05, 0) is 30.5 Å². The number of carbonyl (C=O) groups excluding carboxylic acids is 1. The summed E-state index contributed by atoms with van der Waals surface area (Å²) < 4.78 is 5.09. The number of ketones is 1. The predicted octanol–water partition coefficient (Wildman–Crippen LogP) is 1.38. The first-order valence-electron chi connectivity index (χ1n) is 7.09. The summed E-state index contributed by atoms with van der Waals surface area (Å²) in [6, 6.07) is 4.78. The number of carboxylic acids is 1. The lowest BCUT2D eigenvalue weighted by Crippen LogP contribution is -2.51. The molecule has 1 rings (SSSR count). The molecule has 0 saturated carbocycles. The van der Waals surface area contributed by atoms with Gasteiger partial charge in [0.05, 0.1) is 13.2 Å². The van der Waals surface area contributed by atoms with Crippen LogP contribution in [0.1, 0.15) is 32.4 Å². The van der Waals surface area contributed by atoms with Gasteiger partial charge in [-0.15, -0.1) is 0 Å². The quantitative estimate of drug-likeness (QED) is 0.671. The molecule has 122 valence electrons. The Bertz CT molecular complexity index is 529. The average Bonchev–Trinajstić information content (AvgIpc) is 2.46. The number of ether oxygens (including phenoxy) is 1. The minimum atomic E-state index is -1.16. The SMILES string of the molecule is COc1cccc([C@@H](O)[C@@H](N[C@@H](C(=O)O)C(C)C)C(C)=O)c1. The van der Waals surface area contributed by atoms with E-state index in [1.54, 1.807) is 38.1 Å². The molecule has 0 aliphatic heterocycles. The number of nitrogens with one attached hydrogen (secondary N) is 1. The predicted molar refractivity (Wildman–Crippen MR) is 81.8 cm³/mol. The van der Waals surface area contributed by atoms with Crippen molar-refractivity contribution in [1.29, 1.82) is 0 Å². The van der Waals surface area contributed by atoms with Crippen LogP contribution < -0.4 is 10.1 Å². The summed E-state index contributed by atoms with van der Waals surface area (Å²) in [5.74, 6) is -1.06. The highest BCUT2D eigenvalue weighted by atomic mass is 16.5. The number of aliphatic hydroxyl groups is 1. The van der Waals surface area contributed by atoms with Crippen molar-refractivity contribution < 1.29 is 24.5 Å². The number of rotatable bonds is 8. The van der Waals surface area contributed by atoms with E-state index in [9.17, 15) is 19.8 Å². The van der Waals surface area contributed by atoms with E-state index in [1.165, 1.54) is 14.0 Å². The van der Waals surface area contributed by atoms with E-state index in [4.69, 9.17) is 4.74 Å². The Balaban J connectivity index is 3.03. The molecule has 0 radical (unpaired) electrons. The van der Waals surface area contributed by atoms with E-state index in [2.05, 4.69) is 5.32 Å². The maximum atomic E-state index is 11.8. The largest absolute Gasteiger partial charge is 0.497 e. The maximum absolute atomic E-state index is 11.8. The molecular weight excluding hydrogens is 286 g/mol. The molecule has 22 heavy (non-hydrogen) atoms. The Morgan fingerprint density at radius 2 is 1.86 bits per heavy atom. The number of Topliss-reactive ketones (excluding diaryl/α,β-unsaturated/α-hetero) is 1. The van der Waals surface area contributed by atoms with Crippen molar-refractivity contribution in [3.05, 3.63) is 29.8 Å². The smallest absolute Gasteiger partial charge is 0.320 e. The third-order valence-corrected chi connectivity index (χ3v) is 3.48. The van der Waals surface area contributed by atoms with Crippen molar-refractivity contribution in [1.82, 2.24) is 5.32 Å². The third-order valence-electron chi connectivity index (χ3n) is 3.48. The van der Waals surface area contributed by atoms with Crippen molar-refractivity contribution in [2.24, 2.45) is 5.92 Å². The van der Waals surface area contributed by atoms with Gasteiger partial charge in [-0.25, -0.2) is 0 Å². The molecule has 0 fully saturated rings. The van der Waals surface area contributed by atoms with Crippen molar-refractivity contribution >= 4 is 11.8 Å². The summed E-state index contributed by atoms with van der Waals surface area (Å²) in [5.41, 5.74) is 0.486. The summed E-state index contributed by atoms with van der Waals surface area (Å²) in [6.07, 6.45) is -1.16. The molecule has 0 aliphatic rings. The Kier molecular flexibility index (Phi) is 6.52. The third kappa shape index (κ3) is 4.54. The minimum absolute atomic E-state index is 0.225. The van der Waals surface area contributed by atoms with Gasteiger partial charge in [-0.2, -0.15) is 0 Å². The van der Waals surface area contributed by atoms with E-state index in [0.29, 0.717) is 11.3 Å². The number of carbonyl (C=O) groups is 2. The summed E-state index contributed by atoms with van der Waals surface area (Å²) >= 11 is 0. The van der Waals surface area contributed by atoms with Gasteiger partial charge in [0.1, 0.15) is 23.7 Å². The van der Waals surface area contributed by atoms with E-state index >= 15 is 0 Å². The minimum Gasteiger partial charge on any atom is -0.497 e. The molecule has 0 unspecified atom stereocenters. The first-order valence-corrected chi connectivity index (χ1v) is 7.09. The van der Waals surface area contributed by atoms with E-state index in [1.807, 2.05) is 0 Å². The fraction of sp³-hybridized carbons (Fsp3) is 0.500. The van der Waals surface area contributed by atoms with Crippen molar-refractivity contribution in [2.45, 2.75) is 39.0 Å². The molecule has 0 aliphatic carbocycles. The Morgan fingerprint density at radius 3 is 2.32 bits per heavy atom. The number of methoxy groups -OCH3 is 1. The highest BCUT2D eigenvalue weighted by molar-refractivity contribution is 5.83. The van der Waals surface area contributed by atoms with Crippen molar-refractivity contribution in [3.63, 3.8) is 0 Å². The molecular formula is C16H23NO5. The Morgan fingerprint density at radius 1 is 1.23 bits per heavy atom. The molecule has 3 N–H and O–H groups in total. The fourth-order valence-electron chi connectivity index (χ4n) is 2.19. The highest BCUT2D eigenvalue weighted by Gasteiger charge is 2.32. The van der Waals surface area contributed by atoms with Crippen LogP contribution >= 0.6 is 0 Å². The van der Waals surface area contributed by atoms with Crippen LogP contribution in [0.4, 0.5) is 0 Å². The molecule has 1 aromatic carbocycles. The second kappa shape index (κ2) is 7.91. The summed E-state index contributed by atoms with van der Waals surface area (Å²) in [6.45, 7) is 4.79. The van der Waals surface area contributed by atoms with Crippen LogP contribution in [-0.2, 0) is 9.59 Å². The fourth-order valence-corrected chi connectivity index (χ4v) is 2.19. The second-order valence-corrected chi connectivity index (χ2v) is 5.54. The maximum Gasteiger partial charge on any atom is 0.320 e. The summed E-state index contributed by atoms with van der Waals surface area (Å²) in [5, 5.41) is 22.4. The van der Waals surface area contributed by atoms with E-state index in [-0.39, 0.29) is 11.7 Å². The molecule has 0 heterocycles. The van der Waals surface area contributed by atoms with Gasteiger partial charge in [0.2, 0.25) is 0 Å². The summed E-state index contributed by atoms with van der Waals surface area (Å²) in [7, 11) is 1.51. The van der Waals surface area contributed by atoms with Gasteiger partial charge in [-0.1, -0.05) is 26.0 Å². The van der Waals surface area contributed by atoms with E-state index < -0.39 is 24.2 Å². The van der Waals surface area contributed by atoms with Gasteiger partial charge in [0.25, 0.3) is 0 Å². The molecule has 0 aromatic heterocycles. The van der Waals surface area contributed by atoms with Crippen LogP contribution in [0.3, 0.4) is 0 Å². The lowest BCUT2D eigenvalue weighted by molar-refractivity contribution is -0.141. The summed E-state index contributed by atoms with van der Waals surface area (Å²) in [4.78, 5) is 23.1. The van der Waals surface area contributed by atoms with Crippen molar-refractivity contribution in [3.8, 4) is 5.75 Å². The first-order chi connectivity index (χ1) is 10.3. The zero-order valence-electron chi connectivity index (χ0n) is 13.2. The normalized spacial score (nSPS) is 15.2. The van der Waals surface area contributed by atoms with Gasteiger partial charge in [-0.3, -0.25) is 14.9 Å². The molecule has 0 bridgehead atoms. The zero-order chi connectivity index (χ0) is 16.9. The standard InChI is InChI=1S/C16H23NO5/c1-9(2)13(16(20)21)17-14(10(3)18)15(19)11-6-5-7-12(8-11)22-4/h5-9,13-15,17,19H,1-4H3,(H,20,21)/t13-,14+,15-/m1/s1. The molecule has 0 amide bonds. The number of hydrogen-bond acceptors (Lipinski definition) is 5. The average molecular weight is 309 g/mol. The molecule has 6 heteroatoms. The van der Waals surface area contributed by atoms with Gasteiger partial charge >= 0.3 is 5.97 Å². The Labute approximate surface area is 130 Å². The highest BCUT2D eigenvalue weighted by Crippen LogP contribution is 2.23. The lowest BCUT2D eigenvalue weighted by Gasteiger charge is -2.27. The monoisotopic (exact) mass is 309 g/mol. The zero-order valence-corrected chi connectivity index (χ0v) is 13.2. The van der Waals surface area contributed by atoms with Crippen LogP contribution in [-0.4, -0.2) is 41.2 Å². The van der Waals surface area contributed by atoms with Crippen LogP contribution in [0.2, 0.25) is 0 Å². The number of carboxylic acid groups (broad SMARTS) is 1. The van der Waals surface area contributed by atoms with Crippen LogP contribution in [0.15, 0.2) is 24.3 Å². The van der Waals surface area contributed by atoms with Crippen LogP contribution in [0, 0.1) is 5.92 Å². The molecule has 0 spiro atoms. The van der Waals surface area contributed by atoms with Crippen LogP contribution in [0.5, 0.6) is 5.75 Å². The van der Waals surface area contributed by atoms with Gasteiger partial charge in [0.15, 0.2) is 0 Å². The van der Waals surface area contributed by atoms with Gasteiger partial charge in [0, 0.05) is 0 Å². The number of benzene rings is 1. The van der Waals surface area contributed by atoms with Crippen LogP contribution in [0.25, 0.3) is 0 Å². The molecule has 3 atom stereocenters. The van der Waals surface area contributed by atoms with E-state index in [0.717, 1.165) is 0 Å². The van der Waals surface area contributed by atoms with Gasteiger partial charge < -0.3 is 14.9 Å². The lowest BCUT2D eigenvalue weighted by atomic mass is 9.96.